The number of aliphatic hydroxyl groups is 1. The van der Waals surface area contributed by atoms with Crippen molar-refractivity contribution in [2.24, 2.45) is 0 Å². The summed E-state index contributed by atoms with van der Waals surface area (Å²) >= 11 is 0. The zero-order valence-corrected chi connectivity index (χ0v) is 9.40. The second-order valence-electron chi connectivity index (χ2n) is 4.48. The van der Waals surface area contributed by atoms with Crippen molar-refractivity contribution in [2.75, 3.05) is 19.6 Å². The van der Waals surface area contributed by atoms with E-state index in [-0.39, 0.29) is 11.9 Å². The van der Waals surface area contributed by atoms with E-state index < -0.39 is 0 Å². The van der Waals surface area contributed by atoms with Gasteiger partial charge in [0.15, 0.2) is 0 Å². The highest BCUT2D eigenvalue weighted by Crippen LogP contribution is 2.11. The minimum Gasteiger partial charge on any atom is -0.392 e. The van der Waals surface area contributed by atoms with Crippen molar-refractivity contribution < 1.29 is 9.50 Å². The Hall–Kier alpha value is -0.930. The number of hydrogen-bond donors (Lipinski definition) is 1. The van der Waals surface area contributed by atoms with Crippen molar-refractivity contribution in [2.45, 2.75) is 25.4 Å². The molecule has 1 saturated heterocycles. The Morgan fingerprint density at radius 3 is 3.00 bits per heavy atom. The van der Waals surface area contributed by atoms with Gasteiger partial charge in [-0.25, -0.2) is 4.39 Å². The predicted octanol–water partition coefficient (Wildman–Crippen LogP) is 1.82. The van der Waals surface area contributed by atoms with Crippen LogP contribution in [0, 0.1) is 5.82 Å². The maximum absolute atomic E-state index is 12.9. The molecule has 1 aliphatic heterocycles. The summed E-state index contributed by atoms with van der Waals surface area (Å²) in [5.74, 6) is -0.158. The highest BCUT2D eigenvalue weighted by atomic mass is 19.1. The third kappa shape index (κ3) is 3.29. The predicted molar refractivity (Wildman–Crippen MR) is 61.8 cm³/mol. The van der Waals surface area contributed by atoms with E-state index in [1.54, 1.807) is 12.1 Å². The van der Waals surface area contributed by atoms with Crippen molar-refractivity contribution in [1.29, 1.82) is 0 Å². The fraction of sp³-hybridized carbons (Fsp3) is 0.538. The maximum atomic E-state index is 12.9. The molecule has 2 nitrogen and oxygen atoms in total. The molecule has 2 rings (SSSR count). The van der Waals surface area contributed by atoms with Gasteiger partial charge in [-0.15, -0.1) is 0 Å². The molecule has 0 spiro atoms. The van der Waals surface area contributed by atoms with Crippen LogP contribution in [0.25, 0.3) is 0 Å². The van der Waals surface area contributed by atoms with Crippen LogP contribution in [0.5, 0.6) is 0 Å². The number of aryl methyl sites for hydroxylation is 1. The maximum Gasteiger partial charge on any atom is 0.123 e. The van der Waals surface area contributed by atoms with E-state index in [0.29, 0.717) is 0 Å². The molecule has 0 saturated carbocycles. The molecule has 0 bridgehead atoms. The van der Waals surface area contributed by atoms with Crippen molar-refractivity contribution in [3.8, 4) is 0 Å². The zero-order chi connectivity index (χ0) is 11.4. The Morgan fingerprint density at radius 1 is 1.44 bits per heavy atom. The molecule has 0 aliphatic carbocycles. The zero-order valence-electron chi connectivity index (χ0n) is 9.40. The van der Waals surface area contributed by atoms with Crippen molar-refractivity contribution in [1.82, 2.24) is 4.90 Å². The van der Waals surface area contributed by atoms with Crippen LogP contribution in [-0.4, -0.2) is 35.7 Å². The first-order valence-electron chi connectivity index (χ1n) is 5.89. The average Bonchev–Trinajstić information content (AvgIpc) is 2.64. The van der Waals surface area contributed by atoms with E-state index in [9.17, 15) is 9.50 Å². The molecule has 1 aliphatic rings. The smallest absolute Gasteiger partial charge is 0.123 e. The molecule has 1 aromatic rings. The molecule has 1 heterocycles. The van der Waals surface area contributed by atoms with Gasteiger partial charge in [-0.2, -0.15) is 0 Å². The summed E-state index contributed by atoms with van der Waals surface area (Å²) in [5, 5.41) is 9.36. The molecule has 0 unspecified atom stereocenters. The van der Waals surface area contributed by atoms with E-state index in [4.69, 9.17) is 0 Å². The van der Waals surface area contributed by atoms with Gasteiger partial charge >= 0.3 is 0 Å². The number of β-amino-alcohol motifs (C(OH)–C–C–N with tert-alkyl or cyclic N) is 1. The third-order valence-electron chi connectivity index (χ3n) is 3.08. The second kappa shape index (κ2) is 5.41. The summed E-state index contributed by atoms with van der Waals surface area (Å²) in [4.78, 5) is 2.27. The topological polar surface area (TPSA) is 23.5 Å². The molecule has 16 heavy (non-hydrogen) atoms. The quantitative estimate of drug-likeness (QED) is 0.841. The summed E-state index contributed by atoms with van der Waals surface area (Å²) in [6, 6.07) is 6.78. The van der Waals surface area contributed by atoms with E-state index in [1.807, 2.05) is 6.07 Å². The summed E-state index contributed by atoms with van der Waals surface area (Å²) in [7, 11) is 0. The van der Waals surface area contributed by atoms with Crippen molar-refractivity contribution >= 4 is 0 Å². The first-order valence-corrected chi connectivity index (χ1v) is 5.89. The fourth-order valence-electron chi connectivity index (χ4n) is 2.21. The molecular weight excluding hydrogens is 205 g/mol. The molecule has 1 fully saturated rings. The highest BCUT2D eigenvalue weighted by Gasteiger charge is 2.18. The van der Waals surface area contributed by atoms with Gasteiger partial charge < -0.3 is 10.0 Å². The van der Waals surface area contributed by atoms with E-state index in [1.165, 1.54) is 6.07 Å². The summed E-state index contributed by atoms with van der Waals surface area (Å²) in [6.45, 7) is 2.78. The summed E-state index contributed by atoms with van der Waals surface area (Å²) in [6.07, 6.45) is 2.68. The van der Waals surface area contributed by atoms with Gasteiger partial charge in [-0.1, -0.05) is 12.1 Å². The molecule has 0 amide bonds. The van der Waals surface area contributed by atoms with Gasteiger partial charge in [0.25, 0.3) is 0 Å². The van der Waals surface area contributed by atoms with Crippen LogP contribution in [0.15, 0.2) is 24.3 Å². The lowest BCUT2D eigenvalue weighted by Gasteiger charge is -2.14. The van der Waals surface area contributed by atoms with E-state index >= 15 is 0 Å². The fourth-order valence-corrected chi connectivity index (χ4v) is 2.21. The molecular formula is C13H18FNO. The molecule has 1 aromatic carbocycles. The number of hydrogen-bond acceptors (Lipinski definition) is 2. The average molecular weight is 223 g/mol. The van der Waals surface area contributed by atoms with Gasteiger partial charge in [0.05, 0.1) is 6.10 Å². The SMILES string of the molecule is O[C@H]1CCN(CCCc2cccc(F)c2)C1. The number of likely N-dealkylation sites (tertiary alicyclic amines) is 1. The molecule has 3 heteroatoms. The molecule has 1 N–H and O–H groups in total. The van der Waals surface area contributed by atoms with E-state index in [0.717, 1.165) is 44.5 Å². The van der Waals surface area contributed by atoms with Crippen molar-refractivity contribution in [3.63, 3.8) is 0 Å². The van der Waals surface area contributed by atoms with Crippen molar-refractivity contribution in [3.05, 3.63) is 35.6 Å². The van der Waals surface area contributed by atoms with Crippen LogP contribution in [0.2, 0.25) is 0 Å². The van der Waals surface area contributed by atoms with Crippen LogP contribution in [0.3, 0.4) is 0 Å². The van der Waals surface area contributed by atoms with E-state index in [2.05, 4.69) is 4.90 Å². The highest BCUT2D eigenvalue weighted by molar-refractivity contribution is 5.16. The van der Waals surface area contributed by atoms with Gasteiger partial charge in [-0.3, -0.25) is 0 Å². The number of halogens is 1. The minimum absolute atomic E-state index is 0.144. The monoisotopic (exact) mass is 223 g/mol. The molecule has 0 aromatic heterocycles. The first kappa shape index (κ1) is 11.6. The number of nitrogens with zero attached hydrogens (tertiary/aromatic N) is 1. The van der Waals surface area contributed by atoms with Crippen LogP contribution in [0.4, 0.5) is 4.39 Å². The van der Waals surface area contributed by atoms with Crippen LogP contribution < -0.4 is 0 Å². The lowest BCUT2D eigenvalue weighted by atomic mass is 10.1. The Bertz CT molecular complexity index is 342. The van der Waals surface area contributed by atoms with Crippen LogP contribution in [-0.2, 0) is 6.42 Å². The summed E-state index contributed by atoms with van der Waals surface area (Å²) < 4.78 is 12.9. The molecule has 0 radical (unpaired) electrons. The number of aliphatic hydroxyl groups excluding tert-OH is 1. The number of benzene rings is 1. The molecule has 1 atom stereocenters. The summed E-state index contributed by atoms with van der Waals surface area (Å²) in [5.41, 5.74) is 1.06. The Kier molecular flexibility index (Phi) is 3.91. The van der Waals surface area contributed by atoms with Gasteiger partial charge in [0.2, 0.25) is 0 Å². The first-order chi connectivity index (χ1) is 7.74. The van der Waals surface area contributed by atoms with Gasteiger partial charge in [0, 0.05) is 13.1 Å². The van der Waals surface area contributed by atoms with Gasteiger partial charge in [0.1, 0.15) is 5.82 Å². The van der Waals surface area contributed by atoms with Crippen LogP contribution in [0.1, 0.15) is 18.4 Å². The second-order valence-corrected chi connectivity index (χ2v) is 4.48. The largest absolute Gasteiger partial charge is 0.392 e. The van der Waals surface area contributed by atoms with Crippen LogP contribution >= 0.6 is 0 Å². The Labute approximate surface area is 95.7 Å². The van der Waals surface area contributed by atoms with Gasteiger partial charge in [-0.05, 0) is 43.5 Å². The Balaban J connectivity index is 1.72. The standard InChI is InChI=1S/C13H18FNO/c14-12-5-1-3-11(9-12)4-2-7-15-8-6-13(16)10-15/h1,3,5,9,13,16H,2,4,6-8,10H2/t13-/m0/s1. The number of rotatable bonds is 4. The normalized spacial score (nSPS) is 21.5. The minimum atomic E-state index is -0.158. The lowest BCUT2D eigenvalue weighted by molar-refractivity contribution is 0.176. The molecule has 88 valence electrons. The Morgan fingerprint density at radius 2 is 2.31 bits per heavy atom. The lowest BCUT2D eigenvalue weighted by Crippen LogP contribution is -2.23. The third-order valence-corrected chi connectivity index (χ3v) is 3.08.